The van der Waals surface area contributed by atoms with E-state index in [-0.39, 0.29) is 0 Å². The van der Waals surface area contributed by atoms with Gasteiger partial charge in [0.1, 0.15) is 24.9 Å². The molecule has 0 aromatic heterocycles. The predicted molar refractivity (Wildman–Crippen MR) is 86.2 cm³/mol. The Morgan fingerprint density at radius 2 is 1.44 bits per heavy atom. The second-order valence-corrected chi connectivity index (χ2v) is 7.48. The molecule has 5 atom stereocenters. The number of ether oxygens (including phenoxy) is 5. The van der Waals surface area contributed by atoms with E-state index in [2.05, 4.69) is 10.6 Å². The summed E-state index contributed by atoms with van der Waals surface area (Å²) in [5.74, 6) is -4.26. The van der Waals surface area contributed by atoms with Crippen molar-refractivity contribution in [1.29, 1.82) is 0 Å². The summed E-state index contributed by atoms with van der Waals surface area (Å²) in [5.41, 5.74) is 0. The average molecular weight is 388 g/mol. The van der Waals surface area contributed by atoms with Crippen LogP contribution in [0.4, 0.5) is 0 Å². The highest BCUT2D eigenvalue weighted by Gasteiger charge is 2.62. The molecule has 3 heterocycles. The van der Waals surface area contributed by atoms with Crippen LogP contribution in [0.1, 0.15) is 27.7 Å². The molecule has 0 bridgehead atoms. The highest BCUT2D eigenvalue weighted by molar-refractivity contribution is 5.88. The fourth-order valence-corrected chi connectivity index (χ4v) is 3.33. The van der Waals surface area contributed by atoms with Gasteiger partial charge in [-0.25, -0.2) is 0 Å². The van der Waals surface area contributed by atoms with Crippen LogP contribution in [0.3, 0.4) is 0 Å². The maximum Gasteiger partial charge on any atom is 0.322 e. The molecular formula is C16H24N2O9. The lowest BCUT2D eigenvalue weighted by molar-refractivity contribution is -0.231. The van der Waals surface area contributed by atoms with Crippen LogP contribution in [0, 0.1) is 0 Å². The van der Waals surface area contributed by atoms with Crippen LogP contribution < -0.4 is 10.6 Å². The monoisotopic (exact) mass is 388 g/mol. The summed E-state index contributed by atoms with van der Waals surface area (Å²) >= 11 is 0. The van der Waals surface area contributed by atoms with Crippen molar-refractivity contribution in [2.24, 2.45) is 0 Å². The van der Waals surface area contributed by atoms with Crippen LogP contribution in [-0.2, 0) is 38.1 Å². The summed E-state index contributed by atoms with van der Waals surface area (Å²) in [5, 5.41) is 13.1. The minimum atomic E-state index is -1.18. The molecular weight excluding hydrogens is 364 g/mol. The van der Waals surface area contributed by atoms with Gasteiger partial charge in [-0.15, -0.1) is 0 Å². The minimum Gasteiger partial charge on any atom is -0.480 e. The number of fused-ring (bicyclic) bond motifs is 3. The number of hydrogen-bond donors (Lipinski definition) is 3. The van der Waals surface area contributed by atoms with Gasteiger partial charge in [-0.2, -0.15) is 0 Å². The summed E-state index contributed by atoms with van der Waals surface area (Å²) in [6.45, 7) is 5.96. The molecule has 2 amide bonds. The van der Waals surface area contributed by atoms with Crippen LogP contribution >= 0.6 is 0 Å². The number of rotatable bonds is 5. The molecule has 0 unspecified atom stereocenters. The van der Waals surface area contributed by atoms with E-state index < -0.39 is 73.2 Å². The third-order valence-corrected chi connectivity index (χ3v) is 4.27. The average Bonchev–Trinajstić information content (AvgIpc) is 3.03. The zero-order valence-electron chi connectivity index (χ0n) is 15.5. The lowest BCUT2D eigenvalue weighted by Crippen LogP contribution is -2.60. The molecule has 3 rings (SSSR count). The van der Waals surface area contributed by atoms with E-state index in [0.29, 0.717) is 0 Å². The first-order valence-electron chi connectivity index (χ1n) is 8.60. The number of aliphatic carboxylic acids is 1. The summed E-state index contributed by atoms with van der Waals surface area (Å²) in [4.78, 5) is 34.6. The Hall–Kier alpha value is -1.79. The van der Waals surface area contributed by atoms with Crippen molar-refractivity contribution in [3.63, 3.8) is 0 Å². The second kappa shape index (κ2) is 6.99. The van der Waals surface area contributed by atoms with Crippen molar-refractivity contribution in [1.82, 2.24) is 10.6 Å². The molecule has 0 aromatic carbocycles. The van der Waals surface area contributed by atoms with E-state index >= 15 is 0 Å². The molecule has 3 fully saturated rings. The fraction of sp³-hybridized carbons (Fsp3) is 0.812. The van der Waals surface area contributed by atoms with Crippen molar-refractivity contribution in [2.45, 2.75) is 70.0 Å². The largest absolute Gasteiger partial charge is 0.480 e. The molecule has 0 aliphatic carbocycles. The van der Waals surface area contributed by atoms with Crippen molar-refractivity contribution in [3.05, 3.63) is 0 Å². The molecule has 152 valence electrons. The Bertz CT molecular complexity index is 635. The minimum absolute atomic E-state index is 0.398. The highest BCUT2D eigenvalue weighted by Crippen LogP contribution is 2.44. The van der Waals surface area contributed by atoms with Gasteiger partial charge in [0.05, 0.1) is 6.54 Å². The van der Waals surface area contributed by atoms with Crippen LogP contribution in [0.15, 0.2) is 0 Å². The van der Waals surface area contributed by atoms with E-state index in [1.54, 1.807) is 27.7 Å². The maximum atomic E-state index is 12.6. The first kappa shape index (κ1) is 20.0. The Balaban J connectivity index is 1.66. The normalized spacial score (nSPS) is 35.8. The van der Waals surface area contributed by atoms with Crippen LogP contribution in [-0.4, -0.2) is 78.3 Å². The number of nitrogens with one attached hydrogen (secondary N) is 2. The van der Waals surface area contributed by atoms with Crippen LogP contribution in [0.25, 0.3) is 0 Å². The Morgan fingerprint density at radius 3 is 2.11 bits per heavy atom. The van der Waals surface area contributed by atoms with Gasteiger partial charge in [0.25, 0.3) is 5.91 Å². The molecule has 3 saturated heterocycles. The lowest BCUT2D eigenvalue weighted by Gasteiger charge is -2.36. The summed E-state index contributed by atoms with van der Waals surface area (Å²) < 4.78 is 29.0. The van der Waals surface area contributed by atoms with Gasteiger partial charge in [-0.3, -0.25) is 14.4 Å². The molecule has 0 aromatic rings. The first-order chi connectivity index (χ1) is 12.5. The highest BCUT2D eigenvalue weighted by atomic mass is 16.9. The van der Waals surface area contributed by atoms with Crippen molar-refractivity contribution < 1.29 is 43.2 Å². The summed E-state index contributed by atoms with van der Waals surface area (Å²) in [7, 11) is 0. The van der Waals surface area contributed by atoms with Crippen LogP contribution in [0.2, 0.25) is 0 Å². The zero-order chi connectivity index (χ0) is 20.0. The lowest BCUT2D eigenvalue weighted by atomic mass is 9.98. The zero-order valence-corrected chi connectivity index (χ0v) is 15.5. The molecule has 3 aliphatic rings. The number of amides is 2. The predicted octanol–water partition coefficient (Wildman–Crippen LogP) is -1.30. The third kappa shape index (κ3) is 4.38. The van der Waals surface area contributed by atoms with Gasteiger partial charge in [-0.05, 0) is 27.7 Å². The molecule has 3 N–H and O–H groups in total. The quantitative estimate of drug-likeness (QED) is 0.524. The van der Waals surface area contributed by atoms with E-state index in [9.17, 15) is 14.4 Å². The molecule has 27 heavy (non-hydrogen) atoms. The first-order valence-corrected chi connectivity index (χ1v) is 8.60. The number of carboxylic acid groups (broad SMARTS) is 1. The standard InChI is InChI=1S/C16H24N2O9/c1-15(2)24-9-10(25-15)12-14(27-16(3,4)26-12)23-11(9)13(22)18-5-7(19)17-6-8(20)21/h9-12,14H,5-6H2,1-4H3,(H,17,19)(H,18,22)(H,20,21)/t9-,10+,11-,12-,14+/m1/s1. The molecule has 0 saturated carbocycles. The van der Waals surface area contributed by atoms with E-state index in [4.69, 9.17) is 28.8 Å². The number of carboxylic acids is 1. The van der Waals surface area contributed by atoms with Gasteiger partial charge >= 0.3 is 5.97 Å². The maximum absolute atomic E-state index is 12.6. The molecule has 0 spiro atoms. The van der Waals surface area contributed by atoms with Gasteiger partial charge in [0.15, 0.2) is 24.0 Å². The smallest absolute Gasteiger partial charge is 0.322 e. The topological polar surface area (TPSA) is 142 Å². The number of hydrogen-bond acceptors (Lipinski definition) is 8. The SMILES string of the molecule is CC1(C)O[C@H]2[C@@H](O1)[C@H](C(=O)NCC(=O)NCC(=O)O)O[C@H]1OC(C)(C)O[C@@H]12. The molecule has 3 aliphatic heterocycles. The summed E-state index contributed by atoms with van der Waals surface area (Å²) in [6, 6.07) is 0. The summed E-state index contributed by atoms with van der Waals surface area (Å²) in [6.07, 6.45) is -3.80. The van der Waals surface area contributed by atoms with Crippen molar-refractivity contribution in [2.75, 3.05) is 13.1 Å². The Kier molecular flexibility index (Phi) is 5.16. The van der Waals surface area contributed by atoms with E-state index in [1.165, 1.54) is 0 Å². The van der Waals surface area contributed by atoms with Gasteiger partial charge in [0, 0.05) is 0 Å². The van der Waals surface area contributed by atoms with Crippen molar-refractivity contribution in [3.8, 4) is 0 Å². The van der Waals surface area contributed by atoms with Crippen molar-refractivity contribution >= 4 is 17.8 Å². The van der Waals surface area contributed by atoms with Gasteiger partial charge in [0.2, 0.25) is 5.91 Å². The van der Waals surface area contributed by atoms with E-state index in [0.717, 1.165) is 0 Å². The number of carbonyl (C=O) groups excluding carboxylic acids is 2. The van der Waals surface area contributed by atoms with Crippen LogP contribution in [0.5, 0.6) is 0 Å². The van der Waals surface area contributed by atoms with E-state index in [1.807, 2.05) is 0 Å². The second-order valence-electron chi connectivity index (χ2n) is 7.48. The Labute approximate surface area is 155 Å². The van der Waals surface area contributed by atoms with Gasteiger partial charge < -0.3 is 39.4 Å². The third-order valence-electron chi connectivity index (χ3n) is 4.27. The molecule has 11 heteroatoms. The Morgan fingerprint density at radius 1 is 0.852 bits per heavy atom. The van der Waals surface area contributed by atoms with Gasteiger partial charge in [-0.1, -0.05) is 0 Å². The molecule has 11 nitrogen and oxygen atoms in total. The fourth-order valence-electron chi connectivity index (χ4n) is 3.33. The molecule has 0 radical (unpaired) electrons. The number of carbonyl (C=O) groups is 3.